The molecule has 0 saturated heterocycles. The van der Waals surface area contributed by atoms with E-state index < -0.39 is 11.5 Å². The number of benzene rings is 2. The fourth-order valence-electron chi connectivity index (χ4n) is 2.88. The molecule has 2 aromatic carbocycles. The van der Waals surface area contributed by atoms with E-state index in [1.54, 1.807) is 13.1 Å². The lowest BCUT2D eigenvalue weighted by Crippen LogP contribution is -2.11. The number of aromatic amines is 1. The quantitative estimate of drug-likeness (QED) is 0.560. The number of rotatable bonds is 3. The molecule has 0 spiro atoms. The standard InChI is InChI=1S/C19H14ClN3O3/c1-2-26-19(25)16-15(20)17-18(24)21-14(10-23(17)22-16)13-8-7-11-5-3-4-6-12(11)9-13/h3-10H,2H2,1H3,(H,21,24). The molecule has 0 radical (unpaired) electrons. The highest BCUT2D eigenvalue weighted by Gasteiger charge is 2.21. The van der Waals surface area contributed by atoms with Gasteiger partial charge in [-0.25, -0.2) is 9.31 Å². The van der Waals surface area contributed by atoms with Crippen LogP contribution in [-0.2, 0) is 4.74 Å². The number of nitrogens with zero attached hydrogens (tertiary/aromatic N) is 2. The van der Waals surface area contributed by atoms with Crippen molar-refractivity contribution in [2.24, 2.45) is 0 Å². The van der Waals surface area contributed by atoms with Gasteiger partial charge >= 0.3 is 5.97 Å². The smallest absolute Gasteiger partial charge is 0.360 e. The van der Waals surface area contributed by atoms with Gasteiger partial charge in [-0.05, 0) is 23.8 Å². The van der Waals surface area contributed by atoms with Gasteiger partial charge in [0.2, 0.25) is 0 Å². The third-order valence-electron chi connectivity index (χ3n) is 4.10. The van der Waals surface area contributed by atoms with Crippen LogP contribution >= 0.6 is 11.6 Å². The number of carbonyl (C=O) groups is 1. The lowest BCUT2D eigenvalue weighted by Gasteiger charge is -2.05. The van der Waals surface area contributed by atoms with Crippen molar-refractivity contribution in [1.29, 1.82) is 0 Å². The molecular formula is C19H14ClN3O3. The van der Waals surface area contributed by atoms with Crippen LogP contribution in [0.25, 0.3) is 27.5 Å². The molecule has 4 rings (SSSR count). The molecule has 0 bridgehead atoms. The van der Waals surface area contributed by atoms with Gasteiger partial charge in [0, 0.05) is 5.56 Å². The molecular weight excluding hydrogens is 354 g/mol. The zero-order valence-corrected chi connectivity index (χ0v) is 14.6. The summed E-state index contributed by atoms with van der Waals surface area (Å²) in [5.41, 5.74) is 1.01. The number of fused-ring (bicyclic) bond motifs is 2. The molecule has 0 atom stereocenters. The van der Waals surface area contributed by atoms with Gasteiger partial charge in [-0.1, -0.05) is 48.0 Å². The van der Waals surface area contributed by atoms with Crippen LogP contribution in [0.3, 0.4) is 0 Å². The van der Waals surface area contributed by atoms with Gasteiger partial charge < -0.3 is 9.72 Å². The summed E-state index contributed by atoms with van der Waals surface area (Å²) in [6, 6.07) is 13.8. The largest absolute Gasteiger partial charge is 0.461 e. The van der Waals surface area contributed by atoms with Crippen molar-refractivity contribution < 1.29 is 9.53 Å². The van der Waals surface area contributed by atoms with Crippen molar-refractivity contribution in [2.75, 3.05) is 6.61 Å². The Morgan fingerprint density at radius 3 is 2.77 bits per heavy atom. The highest BCUT2D eigenvalue weighted by molar-refractivity contribution is 6.36. The van der Waals surface area contributed by atoms with Crippen LogP contribution in [0.4, 0.5) is 0 Å². The summed E-state index contributed by atoms with van der Waals surface area (Å²) in [7, 11) is 0. The molecule has 130 valence electrons. The van der Waals surface area contributed by atoms with Gasteiger partial charge in [0.05, 0.1) is 18.5 Å². The van der Waals surface area contributed by atoms with Gasteiger partial charge in [-0.2, -0.15) is 5.10 Å². The van der Waals surface area contributed by atoms with E-state index in [1.165, 1.54) is 4.52 Å². The van der Waals surface area contributed by atoms with E-state index in [0.29, 0.717) is 5.69 Å². The van der Waals surface area contributed by atoms with E-state index in [0.717, 1.165) is 16.3 Å². The number of nitrogens with one attached hydrogen (secondary N) is 1. The molecule has 7 heteroatoms. The normalized spacial score (nSPS) is 11.2. The molecule has 26 heavy (non-hydrogen) atoms. The summed E-state index contributed by atoms with van der Waals surface area (Å²) < 4.78 is 6.25. The Balaban J connectivity index is 1.88. The molecule has 4 aromatic rings. The minimum Gasteiger partial charge on any atom is -0.461 e. The van der Waals surface area contributed by atoms with Crippen molar-refractivity contribution in [1.82, 2.24) is 14.6 Å². The van der Waals surface area contributed by atoms with Crippen molar-refractivity contribution in [3.05, 3.63) is 69.7 Å². The first-order valence-electron chi connectivity index (χ1n) is 8.06. The van der Waals surface area contributed by atoms with E-state index in [-0.39, 0.29) is 22.8 Å². The predicted molar refractivity (Wildman–Crippen MR) is 99.7 cm³/mol. The summed E-state index contributed by atoms with van der Waals surface area (Å²) in [5.74, 6) is -0.659. The number of hydrogen-bond donors (Lipinski definition) is 1. The van der Waals surface area contributed by atoms with E-state index in [1.807, 2.05) is 42.5 Å². The minimum atomic E-state index is -0.659. The summed E-state index contributed by atoms with van der Waals surface area (Å²) in [6.07, 6.45) is 1.63. The third-order valence-corrected chi connectivity index (χ3v) is 4.45. The average molecular weight is 368 g/mol. The van der Waals surface area contributed by atoms with Crippen LogP contribution in [-0.4, -0.2) is 27.2 Å². The Bertz CT molecular complexity index is 1210. The topological polar surface area (TPSA) is 76.5 Å². The number of hydrogen-bond acceptors (Lipinski definition) is 4. The first-order valence-corrected chi connectivity index (χ1v) is 8.43. The van der Waals surface area contributed by atoms with Gasteiger partial charge in [0.25, 0.3) is 5.56 Å². The second kappa shape index (κ2) is 6.31. The Kier molecular flexibility index (Phi) is 3.97. The maximum absolute atomic E-state index is 12.5. The molecule has 0 amide bonds. The lowest BCUT2D eigenvalue weighted by molar-refractivity contribution is 0.0519. The highest BCUT2D eigenvalue weighted by atomic mass is 35.5. The number of halogens is 1. The van der Waals surface area contributed by atoms with E-state index in [4.69, 9.17) is 16.3 Å². The van der Waals surface area contributed by atoms with Crippen molar-refractivity contribution in [3.63, 3.8) is 0 Å². The van der Waals surface area contributed by atoms with Crippen LogP contribution in [0.2, 0.25) is 5.02 Å². The zero-order valence-electron chi connectivity index (χ0n) is 13.8. The van der Waals surface area contributed by atoms with Crippen molar-refractivity contribution >= 4 is 33.9 Å². The second-order valence-electron chi connectivity index (χ2n) is 5.74. The monoisotopic (exact) mass is 367 g/mol. The average Bonchev–Trinajstić information content (AvgIpc) is 2.98. The summed E-state index contributed by atoms with van der Waals surface area (Å²) in [4.78, 5) is 27.3. The van der Waals surface area contributed by atoms with Gasteiger partial charge in [-0.15, -0.1) is 0 Å². The SMILES string of the molecule is CCOC(=O)c1nn2cc(-c3ccc4ccccc4c3)[nH]c(=O)c2c1Cl. The van der Waals surface area contributed by atoms with Gasteiger partial charge in [0.1, 0.15) is 5.02 Å². The molecule has 2 heterocycles. The molecule has 2 aromatic heterocycles. The fourth-order valence-corrected chi connectivity index (χ4v) is 3.17. The predicted octanol–water partition coefficient (Wildman–Crippen LogP) is 3.67. The molecule has 0 fully saturated rings. The second-order valence-corrected chi connectivity index (χ2v) is 6.11. The number of carbonyl (C=O) groups excluding carboxylic acids is 1. The lowest BCUT2D eigenvalue weighted by atomic mass is 10.1. The number of ether oxygens (including phenoxy) is 1. The van der Waals surface area contributed by atoms with Gasteiger partial charge in [0.15, 0.2) is 11.2 Å². The molecule has 0 aliphatic carbocycles. The van der Waals surface area contributed by atoms with Gasteiger partial charge in [-0.3, -0.25) is 4.79 Å². The van der Waals surface area contributed by atoms with Crippen LogP contribution in [0, 0.1) is 0 Å². The first-order chi connectivity index (χ1) is 12.6. The summed E-state index contributed by atoms with van der Waals surface area (Å²) in [6.45, 7) is 1.88. The highest BCUT2D eigenvalue weighted by Crippen LogP contribution is 2.25. The first kappa shape index (κ1) is 16.4. The number of H-pyrrole nitrogens is 1. The molecule has 6 nitrogen and oxygen atoms in total. The van der Waals surface area contributed by atoms with E-state index >= 15 is 0 Å². The van der Waals surface area contributed by atoms with Crippen LogP contribution in [0.1, 0.15) is 17.4 Å². The van der Waals surface area contributed by atoms with Crippen molar-refractivity contribution in [2.45, 2.75) is 6.92 Å². The Hall–Kier alpha value is -3.12. The minimum absolute atomic E-state index is 0.0187. The fraction of sp³-hybridized carbons (Fsp3) is 0.105. The van der Waals surface area contributed by atoms with Crippen LogP contribution in [0.15, 0.2) is 53.5 Å². The maximum Gasteiger partial charge on any atom is 0.360 e. The number of aromatic nitrogens is 3. The molecule has 0 aliphatic heterocycles. The van der Waals surface area contributed by atoms with Crippen molar-refractivity contribution in [3.8, 4) is 11.3 Å². The molecule has 0 aliphatic rings. The summed E-state index contributed by atoms with van der Waals surface area (Å²) in [5, 5.41) is 6.27. The maximum atomic E-state index is 12.5. The van der Waals surface area contributed by atoms with Crippen LogP contribution < -0.4 is 5.56 Å². The Morgan fingerprint density at radius 1 is 1.23 bits per heavy atom. The summed E-state index contributed by atoms with van der Waals surface area (Å²) >= 11 is 6.17. The van der Waals surface area contributed by atoms with E-state index in [9.17, 15) is 9.59 Å². The van der Waals surface area contributed by atoms with Crippen LogP contribution in [0.5, 0.6) is 0 Å². The Morgan fingerprint density at radius 2 is 2.00 bits per heavy atom. The Labute approximate surface area is 153 Å². The third kappa shape index (κ3) is 2.64. The molecule has 0 unspecified atom stereocenters. The molecule has 0 saturated carbocycles. The van der Waals surface area contributed by atoms with E-state index in [2.05, 4.69) is 10.1 Å². The molecule has 1 N–H and O–H groups in total. The zero-order chi connectivity index (χ0) is 18.3. The number of esters is 1.